The average molecular weight is 390 g/mol. The maximum Gasteiger partial charge on any atom is 0.547 e. The van der Waals surface area contributed by atoms with Crippen molar-refractivity contribution in [3.63, 3.8) is 0 Å². The number of hydrogen-bond acceptors (Lipinski definition) is 7. The normalized spacial score (nSPS) is 16.9. The number of nitrogens with one attached hydrogen (secondary N) is 1. The van der Waals surface area contributed by atoms with Crippen molar-refractivity contribution in [1.82, 2.24) is 20.3 Å². The number of carbonyl (C=O) groups is 1. The van der Waals surface area contributed by atoms with Crippen LogP contribution in [-0.4, -0.2) is 57.3 Å². The third-order valence-corrected chi connectivity index (χ3v) is 6.15. The Hall–Kier alpha value is -2.21. The van der Waals surface area contributed by atoms with E-state index in [2.05, 4.69) is 35.3 Å². The van der Waals surface area contributed by atoms with Gasteiger partial charge in [0.1, 0.15) is 20.4 Å². The third kappa shape index (κ3) is 4.38. The Kier molecular flexibility index (Phi) is 5.38. The number of benzene rings is 1. The van der Waals surface area contributed by atoms with Crippen molar-refractivity contribution in [1.29, 1.82) is 0 Å². The summed E-state index contributed by atoms with van der Waals surface area (Å²) in [6, 6.07) is 4.93. The molecule has 1 aliphatic heterocycles. The fraction of sp³-hybridized carbons (Fsp3) is 0.438. The van der Waals surface area contributed by atoms with E-state index in [4.69, 9.17) is 4.65 Å². The molecule has 0 saturated heterocycles. The van der Waals surface area contributed by atoms with Gasteiger partial charge in [-0.25, -0.2) is 4.68 Å². The fourth-order valence-electron chi connectivity index (χ4n) is 2.89. The molecule has 1 atom stereocenters. The zero-order valence-corrected chi connectivity index (χ0v) is 16.5. The standard InChI is InChI=1S/C16H23BN4O5Si/c1-27(2,3)14-9-21(20-19-14)8-13(22)18-12-7-10-5-4-6-11(16(23)24)15(10)26-17(12)25/h4-6,9,12,16,23-25H,7-8H2,1-3H3,(H,18,22)/t12-/m0/s1. The molecule has 4 N–H and O–H groups in total. The number of aromatic nitrogens is 3. The molecular formula is C16H23BN4O5Si. The smallest absolute Gasteiger partial charge is 0.534 e. The van der Waals surface area contributed by atoms with Gasteiger partial charge in [0.2, 0.25) is 5.91 Å². The van der Waals surface area contributed by atoms with Gasteiger partial charge in [0.15, 0.2) is 6.29 Å². The maximum atomic E-state index is 12.3. The van der Waals surface area contributed by atoms with Crippen molar-refractivity contribution in [2.75, 3.05) is 0 Å². The summed E-state index contributed by atoms with van der Waals surface area (Å²) in [5, 5.41) is 40.8. The molecule has 11 heteroatoms. The van der Waals surface area contributed by atoms with Crippen LogP contribution in [0.1, 0.15) is 17.4 Å². The van der Waals surface area contributed by atoms with Crippen molar-refractivity contribution < 1.29 is 24.7 Å². The zero-order valence-electron chi connectivity index (χ0n) is 15.5. The van der Waals surface area contributed by atoms with E-state index >= 15 is 0 Å². The largest absolute Gasteiger partial charge is 0.547 e. The number of aliphatic hydroxyl groups excluding tert-OH is 1. The molecule has 0 aliphatic carbocycles. The van der Waals surface area contributed by atoms with Crippen molar-refractivity contribution in [3.05, 3.63) is 35.5 Å². The highest BCUT2D eigenvalue weighted by molar-refractivity contribution is 6.88. The highest BCUT2D eigenvalue weighted by Gasteiger charge is 2.37. The van der Waals surface area contributed by atoms with Crippen LogP contribution in [0.5, 0.6) is 5.75 Å². The lowest BCUT2D eigenvalue weighted by Gasteiger charge is -2.29. The molecule has 0 fully saturated rings. The lowest BCUT2D eigenvalue weighted by atomic mass is 9.72. The molecule has 3 rings (SSSR count). The predicted molar refractivity (Wildman–Crippen MR) is 101 cm³/mol. The lowest BCUT2D eigenvalue weighted by Crippen LogP contribution is -2.53. The summed E-state index contributed by atoms with van der Waals surface area (Å²) in [6.45, 7) is 6.42. The quantitative estimate of drug-likeness (QED) is 0.379. The molecule has 0 radical (unpaired) electrons. The summed E-state index contributed by atoms with van der Waals surface area (Å²) in [5.41, 5.74) is 0.857. The summed E-state index contributed by atoms with van der Waals surface area (Å²) < 4.78 is 6.91. The Morgan fingerprint density at radius 1 is 1.44 bits per heavy atom. The first-order valence-corrected chi connectivity index (χ1v) is 12.2. The van der Waals surface area contributed by atoms with Crippen LogP contribution >= 0.6 is 0 Å². The van der Waals surface area contributed by atoms with E-state index in [1.54, 1.807) is 18.3 Å². The minimum absolute atomic E-state index is 0.0110. The molecule has 0 bridgehead atoms. The minimum Gasteiger partial charge on any atom is -0.534 e. The molecule has 1 aromatic heterocycles. The molecule has 27 heavy (non-hydrogen) atoms. The molecule has 2 heterocycles. The summed E-state index contributed by atoms with van der Waals surface area (Å²) in [4.78, 5) is 12.3. The second-order valence-electron chi connectivity index (χ2n) is 7.65. The summed E-state index contributed by atoms with van der Waals surface area (Å²) in [7, 11) is -2.90. The van der Waals surface area contributed by atoms with Gasteiger partial charge in [-0.05, 0) is 12.0 Å². The Morgan fingerprint density at radius 2 is 2.19 bits per heavy atom. The van der Waals surface area contributed by atoms with E-state index in [1.165, 1.54) is 10.7 Å². The molecule has 0 unspecified atom stereocenters. The van der Waals surface area contributed by atoms with Crippen LogP contribution in [-0.2, 0) is 17.8 Å². The molecule has 1 aliphatic rings. The van der Waals surface area contributed by atoms with Crippen LogP contribution in [0.15, 0.2) is 24.4 Å². The van der Waals surface area contributed by atoms with Gasteiger partial charge >= 0.3 is 7.12 Å². The maximum absolute atomic E-state index is 12.3. The topological polar surface area (TPSA) is 130 Å². The van der Waals surface area contributed by atoms with Crippen molar-refractivity contribution >= 4 is 26.4 Å². The Labute approximate surface area is 158 Å². The summed E-state index contributed by atoms with van der Waals surface area (Å²) in [5.74, 6) is -0.742. The van der Waals surface area contributed by atoms with E-state index in [0.717, 1.165) is 5.32 Å². The molecule has 9 nitrogen and oxygen atoms in total. The summed E-state index contributed by atoms with van der Waals surface area (Å²) in [6.07, 6.45) is 0.385. The lowest BCUT2D eigenvalue weighted by molar-refractivity contribution is -0.122. The van der Waals surface area contributed by atoms with Crippen LogP contribution in [0.25, 0.3) is 0 Å². The zero-order chi connectivity index (χ0) is 19.8. The van der Waals surface area contributed by atoms with Crippen LogP contribution in [0.2, 0.25) is 19.6 Å². The Morgan fingerprint density at radius 3 is 2.81 bits per heavy atom. The fourth-order valence-corrected chi connectivity index (χ4v) is 3.78. The number of aliphatic hydroxyl groups is 2. The molecule has 1 aromatic carbocycles. The Balaban J connectivity index is 1.67. The van der Waals surface area contributed by atoms with Gasteiger partial charge in [-0.1, -0.05) is 43.1 Å². The molecular weight excluding hydrogens is 367 g/mol. The highest BCUT2D eigenvalue weighted by Crippen LogP contribution is 2.32. The van der Waals surface area contributed by atoms with Gasteiger partial charge in [0.25, 0.3) is 0 Å². The van der Waals surface area contributed by atoms with E-state index in [1.807, 2.05) is 0 Å². The second kappa shape index (κ2) is 7.43. The number of carbonyl (C=O) groups excluding carboxylic acids is 1. The number of rotatable bonds is 5. The van der Waals surface area contributed by atoms with Crippen LogP contribution in [0.4, 0.5) is 0 Å². The number of para-hydroxylation sites is 1. The molecule has 0 spiro atoms. The number of hydrogen-bond donors (Lipinski definition) is 4. The van der Waals surface area contributed by atoms with E-state index in [-0.39, 0.29) is 23.8 Å². The third-order valence-electron chi connectivity index (χ3n) is 4.39. The summed E-state index contributed by atoms with van der Waals surface area (Å²) >= 11 is 0. The first kappa shape index (κ1) is 19.6. The second-order valence-corrected chi connectivity index (χ2v) is 12.7. The van der Waals surface area contributed by atoms with E-state index in [0.29, 0.717) is 12.0 Å². The van der Waals surface area contributed by atoms with Gasteiger partial charge in [0.05, 0.1) is 11.3 Å². The van der Waals surface area contributed by atoms with E-state index in [9.17, 15) is 20.0 Å². The predicted octanol–water partition coefficient (Wildman–Crippen LogP) is -1.05. The van der Waals surface area contributed by atoms with Crippen LogP contribution in [0, 0.1) is 0 Å². The average Bonchev–Trinajstić information content (AvgIpc) is 3.03. The number of nitrogens with zero attached hydrogens (tertiary/aromatic N) is 3. The highest BCUT2D eigenvalue weighted by atomic mass is 28.3. The van der Waals surface area contributed by atoms with Gasteiger partial charge < -0.3 is 25.2 Å². The monoisotopic (exact) mass is 390 g/mol. The van der Waals surface area contributed by atoms with Gasteiger partial charge in [-0.15, -0.1) is 5.10 Å². The SMILES string of the molecule is C[Si](C)(C)c1cn(CC(=O)N[C@H]2Cc3cccc(C(O)O)c3OB2O)nn1. The van der Waals surface area contributed by atoms with Crippen LogP contribution < -0.4 is 15.3 Å². The molecule has 2 aromatic rings. The minimum atomic E-state index is -1.70. The van der Waals surface area contributed by atoms with Gasteiger partial charge in [-0.2, -0.15) is 0 Å². The first-order valence-electron chi connectivity index (χ1n) is 8.68. The molecule has 0 saturated carbocycles. The van der Waals surface area contributed by atoms with Crippen molar-refractivity contribution in [2.45, 2.75) is 44.8 Å². The number of fused-ring (bicyclic) bond motifs is 1. The van der Waals surface area contributed by atoms with Gasteiger partial charge in [0, 0.05) is 11.8 Å². The Bertz CT molecular complexity index is 838. The first-order chi connectivity index (χ1) is 12.6. The van der Waals surface area contributed by atoms with Crippen LogP contribution in [0.3, 0.4) is 0 Å². The van der Waals surface area contributed by atoms with Crippen molar-refractivity contribution in [2.24, 2.45) is 0 Å². The number of amides is 1. The molecule has 144 valence electrons. The van der Waals surface area contributed by atoms with E-state index < -0.39 is 27.4 Å². The van der Waals surface area contributed by atoms with Gasteiger partial charge in [-0.3, -0.25) is 4.79 Å². The molecule has 1 amide bonds. The van der Waals surface area contributed by atoms with Crippen molar-refractivity contribution in [3.8, 4) is 5.75 Å².